The molecule has 0 aliphatic carbocycles. The van der Waals surface area contributed by atoms with Crippen LogP contribution in [0.4, 0.5) is 0 Å². The van der Waals surface area contributed by atoms with Crippen LogP contribution in [-0.4, -0.2) is 10.00 Å². The zero-order valence-corrected chi connectivity index (χ0v) is 17.7. The summed E-state index contributed by atoms with van der Waals surface area (Å²) in [5.41, 5.74) is 2.82. The Hall–Kier alpha value is -1.53. The van der Waals surface area contributed by atoms with Gasteiger partial charge in [-0.25, -0.2) is 5.09 Å². The maximum Gasteiger partial charge on any atom is 0.324 e. The van der Waals surface area contributed by atoms with Gasteiger partial charge >= 0.3 is 6.72 Å². The van der Waals surface area contributed by atoms with Crippen molar-refractivity contribution in [3.8, 4) is 0 Å². The van der Waals surface area contributed by atoms with E-state index in [-0.39, 0.29) is 6.61 Å². The molecule has 1 atom stereocenters. The van der Waals surface area contributed by atoms with Crippen molar-refractivity contribution in [1.29, 1.82) is 0 Å². The van der Waals surface area contributed by atoms with Crippen molar-refractivity contribution < 1.29 is 14.6 Å². The molecule has 0 saturated carbocycles. The third kappa shape index (κ3) is 6.24. The molecular weight excluding hydrogens is 409 g/mol. The average Bonchev–Trinajstić information content (AvgIpc) is 2.73. The monoisotopic (exact) mass is 431 g/mol. The lowest BCUT2D eigenvalue weighted by molar-refractivity contribution is 0.279. The van der Waals surface area contributed by atoms with Gasteiger partial charge < -0.3 is 10.00 Å². The van der Waals surface area contributed by atoms with Gasteiger partial charge in [-0.15, -0.1) is 0 Å². The first-order chi connectivity index (χ1) is 13.6. The van der Waals surface area contributed by atoms with Gasteiger partial charge in [-0.2, -0.15) is 0 Å². The molecule has 0 amide bonds. The van der Waals surface area contributed by atoms with Gasteiger partial charge in [0.25, 0.3) is 0 Å². The summed E-state index contributed by atoms with van der Waals surface area (Å²) in [6, 6.07) is 25.1. The Morgan fingerprint density at radius 1 is 0.821 bits per heavy atom. The van der Waals surface area contributed by atoms with E-state index in [0.29, 0.717) is 12.3 Å². The van der Waals surface area contributed by atoms with Gasteiger partial charge in [0, 0.05) is 22.1 Å². The van der Waals surface area contributed by atoms with Gasteiger partial charge in [-0.1, -0.05) is 78.5 Å². The lowest BCUT2D eigenvalue weighted by atomic mass is 10.2. The summed E-state index contributed by atoms with van der Waals surface area (Å²) in [6.07, 6.45) is 0. The molecule has 0 spiro atoms. The molecule has 3 aromatic carbocycles. The lowest BCUT2D eigenvalue weighted by Crippen LogP contribution is -2.08. The smallest absolute Gasteiger partial charge is 0.324 e. The summed E-state index contributed by atoms with van der Waals surface area (Å²) < 4.78 is 12.5. The van der Waals surface area contributed by atoms with Gasteiger partial charge in [-0.3, -0.25) is 4.57 Å². The van der Waals surface area contributed by atoms with Crippen LogP contribution in [0.5, 0.6) is 0 Å². The Morgan fingerprint density at radius 3 is 2.07 bits per heavy atom. The number of benzene rings is 3. The summed E-state index contributed by atoms with van der Waals surface area (Å²) in [4.78, 5) is 12.2. The fourth-order valence-corrected chi connectivity index (χ4v) is 6.05. The Balaban J connectivity index is 1.65. The van der Waals surface area contributed by atoms with Crippen LogP contribution in [0.3, 0.4) is 0 Å². The summed E-state index contributed by atoms with van der Waals surface area (Å²) in [7, 11) is 0. The molecular formula is C21H22NO3PS2. The van der Waals surface area contributed by atoms with Crippen molar-refractivity contribution in [2.45, 2.75) is 28.7 Å². The largest absolute Gasteiger partial charge is 0.392 e. The second kappa shape index (κ2) is 10.3. The fourth-order valence-electron chi connectivity index (χ4n) is 2.57. The first-order valence-corrected chi connectivity index (χ1v) is 12.8. The molecule has 3 rings (SSSR count). The number of nitrogens with one attached hydrogen (secondary N) is 1. The molecule has 0 saturated heterocycles. The number of hydrogen-bond acceptors (Lipinski definition) is 4. The third-order valence-corrected chi connectivity index (χ3v) is 8.48. The summed E-state index contributed by atoms with van der Waals surface area (Å²) in [6.45, 7) is -3.25. The summed E-state index contributed by atoms with van der Waals surface area (Å²) >= 11 is 2.58. The van der Waals surface area contributed by atoms with Crippen LogP contribution in [0, 0.1) is 0 Å². The van der Waals surface area contributed by atoms with E-state index >= 15 is 0 Å². The van der Waals surface area contributed by atoms with Crippen molar-refractivity contribution in [2.24, 2.45) is 0 Å². The molecule has 0 heterocycles. The topological polar surface area (TPSA) is 69.6 Å². The highest BCUT2D eigenvalue weighted by Crippen LogP contribution is 2.52. The van der Waals surface area contributed by atoms with Crippen LogP contribution in [0.1, 0.15) is 16.7 Å². The van der Waals surface area contributed by atoms with Crippen molar-refractivity contribution in [1.82, 2.24) is 5.09 Å². The molecule has 3 aromatic rings. The second-order valence-electron chi connectivity index (χ2n) is 6.09. The van der Waals surface area contributed by atoms with Crippen LogP contribution < -0.4 is 5.09 Å². The quantitative estimate of drug-likeness (QED) is 0.391. The number of hydrogen-bond donors (Lipinski definition) is 3. The van der Waals surface area contributed by atoms with E-state index < -0.39 is 6.72 Å². The number of rotatable bonds is 9. The van der Waals surface area contributed by atoms with E-state index in [1.165, 1.54) is 0 Å². The van der Waals surface area contributed by atoms with Crippen LogP contribution in [0.25, 0.3) is 0 Å². The molecule has 4 nitrogen and oxygen atoms in total. The maximum absolute atomic E-state index is 12.5. The SMILES string of the molecule is O=P(O)(NCc1ccccc1Sc1ccccc1CO)SCc1ccccc1. The van der Waals surface area contributed by atoms with E-state index in [9.17, 15) is 14.6 Å². The molecule has 1 unspecified atom stereocenters. The van der Waals surface area contributed by atoms with Crippen molar-refractivity contribution in [2.75, 3.05) is 0 Å². The Labute approximate surface area is 173 Å². The Morgan fingerprint density at radius 2 is 1.39 bits per heavy atom. The second-order valence-corrected chi connectivity index (χ2v) is 11.3. The normalized spacial score (nSPS) is 13.2. The maximum atomic E-state index is 12.5. The minimum Gasteiger partial charge on any atom is -0.392 e. The predicted molar refractivity (Wildman–Crippen MR) is 117 cm³/mol. The standard InChI is InChI=1S/C21H22NO3PS2/c23-15-19-11-5-7-13-21(19)28-20-12-6-4-10-18(20)14-22-26(24,25)27-16-17-8-2-1-3-9-17/h1-13,23H,14-16H2,(H2,22,24,25). The molecule has 3 N–H and O–H groups in total. The van der Waals surface area contributed by atoms with Crippen LogP contribution in [0.2, 0.25) is 0 Å². The Bertz CT molecular complexity index is 953. The summed E-state index contributed by atoms with van der Waals surface area (Å²) in [5.74, 6) is 0.474. The predicted octanol–water partition coefficient (Wildman–Crippen LogP) is 5.45. The highest BCUT2D eigenvalue weighted by Gasteiger charge is 2.19. The zero-order chi connectivity index (χ0) is 19.8. The lowest BCUT2D eigenvalue weighted by Gasteiger charge is -2.15. The van der Waals surface area contributed by atoms with E-state index in [1.807, 2.05) is 78.9 Å². The van der Waals surface area contributed by atoms with E-state index in [1.54, 1.807) is 11.8 Å². The van der Waals surface area contributed by atoms with Gasteiger partial charge in [0.05, 0.1) is 6.61 Å². The number of aliphatic hydroxyl groups excluding tert-OH is 1. The van der Waals surface area contributed by atoms with Gasteiger partial charge in [-0.05, 0) is 40.2 Å². The molecule has 0 bridgehead atoms. The number of aliphatic hydroxyl groups is 1. The minimum absolute atomic E-state index is 0.0223. The van der Waals surface area contributed by atoms with Gasteiger partial charge in [0.2, 0.25) is 0 Å². The molecule has 0 aromatic heterocycles. The highest BCUT2D eigenvalue weighted by molar-refractivity contribution is 8.55. The third-order valence-electron chi connectivity index (χ3n) is 4.05. The van der Waals surface area contributed by atoms with Gasteiger partial charge in [0.1, 0.15) is 0 Å². The molecule has 0 aliphatic heterocycles. The molecule has 0 aliphatic rings. The summed E-state index contributed by atoms with van der Waals surface area (Å²) in [5, 5.41) is 12.3. The van der Waals surface area contributed by atoms with Crippen molar-refractivity contribution in [3.63, 3.8) is 0 Å². The average molecular weight is 432 g/mol. The van der Waals surface area contributed by atoms with E-state index in [2.05, 4.69) is 5.09 Å². The van der Waals surface area contributed by atoms with Crippen LogP contribution in [0.15, 0.2) is 88.7 Å². The Kier molecular flexibility index (Phi) is 7.80. The van der Waals surface area contributed by atoms with Crippen LogP contribution >= 0.6 is 29.9 Å². The highest BCUT2D eigenvalue weighted by atomic mass is 32.7. The molecule has 146 valence electrons. The fraction of sp³-hybridized carbons (Fsp3) is 0.143. The first kappa shape index (κ1) is 21.2. The molecule has 28 heavy (non-hydrogen) atoms. The van der Waals surface area contributed by atoms with Crippen molar-refractivity contribution in [3.05, 3.63) is 95.6 Å². The van der Waals surface area contributed by atoms with Gasteiger partial charge in [0.15, 0.2) is 0 Å². The van der Waals surface area contributed by atoms with Crippen LogP contribution in [-0.2, 0) is 23.5 Å². The first-order valence-electron chi connectivity index (χ1n) is 8.78. The molecule has 0 radical (unpaired) electrons. The van der Waals surface area contributed by atoms with E-state index in [0.717, 1.165) is 37.9 Å². The van der Waals surface area contributed by atoms with Crippen molar-refractivity contribution >= 4 is 29.9 Å². The zero-order valence-electron chi connectivity index (χ0n) is 15.2. The van der Waals surface area contributed by atoms with E-state index in [4.69, 9.17) is 0 Å². The minimum atomic E-state index is -3.52. The molecule has 0 fully saturated rings. The molecule has 7 heteroatoms.